The molecule has 1 aromatic heterocycles. The van der Waals surface area contributed by atoms with Gasteiger partial charge in [-0.1, -0.05) is 0 Å². The highest BCUT2D eigenvalue weighted by Crippen LogP contribution is 2.45. The van der Waals surface area contributed by atoms with Gasteiger partial charge in [0, 0.05) is 30.5 Å². The van der Waals surface area contributed by atoms with E-state index in [4.69, 9.17) is 0 Å². The second-order valence-electron chi connectivity index (χ2n) is 9.28. The number of aromatic amines is 1. The largest absolute Gasteiger partial charge is 0.353 e. The number of amides is 1. The summed E-state index contributed by atoms with van der Waals surface area (Å²) in [4.78, 5) is 17.8. The van der Waals surface area contributed by atoms with Crippen LogP contribution in [-0.2, 0) is 4.79 Å². The Hall–Kier alpha value is -2.80. The lowest BCUT2D eigenvalue weighted by molar-refractivity contribution is -0.123. The number of benzene rings is 2. The number of nitrogens with one attached hydrogen (secondary N) is 2. The van der Waals surface area contributed by atoms with Gasteiger partial charge >= 0.3 is 0 Å². The molecule has 2 heterocycles. The average molecular weight is 441 g/mol. The minimum Gasteiger partial charge on any atom is -0.353 e. The van der Waals surface area contributed by atoms with Crippen molar-refractivity contribution in [3.8, 4) is 11.3 Å². The Morgan fingerprint density at radius 2 is 1.88 bits per heavy atom. The molecule has 1 saturated heterocycles. The maximum atomic E-state index is 14.5. The van der Waals surface area contributed by atoms with Crippen molar-refractivity contribution in [1.82, 2.24) is 15.2 Å². The number of H-pyrrole nitrogens is 1. The molecule has 1 aliphatic carbocycles. The van der Waals surface area contributed by atoms with Crippen molar-refractivity contribution in [3.05, 3.63) is 59.4 Å². The molecule has 2 aromatic carbocycles. The van der Waals surface area contributed by atoms with E-state index in [0.29, 0.717) is 36.3 Å². The smallest absolute Gasteiger partial charge is 0.220 e. The number of likely N-dealkylation sites (tertiary alicyclic amines) is 1. The number of nitrogens with zero attached hydrogens (tertiary/aromatic N) is 1. The summed E-state index contributed by atoms with van der Waals surface area (Å²) in [5.41, 5.74) is 2.47. The summed E-state index contributed by atoms with van der Waals surface area (Å²) < 4.78 is 42.0. The lowest BCUT2D eigenvalue weighted by atomic mass is 9.74. The third-order valence-electron chi connectivity index (χ3n) is 6.87. The van der Waals surface area contributed by atoms with Crippen LogP contribution in [0, 0.1) is 23.4 Å². The molecule has 2 fully saturated rings. The number of hydrogen-bond acceptors (Lipinski definition) is 2. The standard InChI is InChI=1S/C25H26F3N3O/c1-31-7-6-14(13-31)8-22(32)29-19-9-16(10-19)23-20-11-18(27)12-21(28)25(20)30-24(23)15-2-4-17(26)5-3-15/h2-5,11-12,14,16,19,30H,6-10,13H2,1H3,(H,29,32). The fourth-order valence-electron chi connectivity index (χ4n) is 5.22. The van der Waals surface area contributed by atoms with Gasteiger partial charge in [-0.15, -0.1) is 0 Å². The molecule has 0 bridgehead atoms. The van der Waals surface area contributed by atoms with Gasteiger partial charge in [-0.05, 0) is 86.1 Å². The van der Waals surface area contributed by atoms with Crippen molar-refractivity contribution >= 4 is 16.8 Å². The van der Waals surface area contributed by atoms with Crippen LogP contribution >= 0.6 is 0 Å². The molecule has 168 valence electrons. The molecule has 5 rings (SSSR count). The molecule has 1 unspecified atom stereocenters. The minimum absolute atomic E-state index is 0.0490. The zero-order chi connectivity index (χ0) is 22.4. The van der Waals surface area contributed by atoms with Gasteiger partial charge in [0.25, 0.3) is 0 Å². The Labute approximate surface area is 184 Å². The molecule has 0 spiro atoms. The monoisotopic (exact) mass is 441 g/mol. The van der Waals surface area contributed by atoms with Crippen LogP contribution in [0.15, 0.2) is 36.4 Å². The lowest BCUT2D eigenvalue weighted by Gasteiger charge is -2.36. The van der Waals surface area contributed by atoms with E-state index in [-0.39, 0.29) is 29.2 Å². The fourth-order valence-corrected chi connectivity index (χ4v) is 5.22. The number of fused-ring (bicyclic) bond motifs is 1. The fraction of sp³-hybridized carbons (Fsp3) is 0.400. The number of halogens is 3. The Kier molecular flexibility index (Phi) is 5.45. The van der Waals surface area contributed by atoms with Gasteiger partial charge in [-0.3, -0.25) is 4.79 Å². The molecule has 1 saturated carbocycles. The molecule has 1 atom stereocenters. The van der Waals surface area contributed by atoms with Crippen molar-refractivity contribution in [2.24, 2.45) is 5.92 Å². The maximum Gasteiger partial charge on any atom is 0.220 e. The highest BCUT2D eigenvalue weighted by Gasteiger charge is 2.36. The Balaban J connectivity index is 1.36. The summed E-state index contributed by atoms with van der Waals surface area (Å²) in [5, 5.41) is 3.63. The van der Waals surface area contributed by atoms with Gasteiger partial charge < -0.3 is 15.2 Å². The highest BCUT2D eigenvalue weighted by molar-refractivity contribution is 5.92. The third-order valence-corrected chi connectivity index (χ3v) is 6.87. The summed E-state index contributed by atoms with van der Waals surface area (Å²) in [6.07, 6.45) is 2.99. The van der Waals surface area contributed by atoms with E-state index in [2.05, 4.69) is 22.2 Å². The second-order valence-corrected chi connectivity index (χ2v) is 9.28. The van der Waals surface area contributed by atoms with Gasteiger partial charge in [0.05, 0.1) is 11.2 Å². The summed E-state index contributed by atoms with van der Waals surface area (Å²) in [5.74, 6) is -1.12. The van der Waals surface area contributed by atoms with Crippen LogP contribution in [0.1, 0.15) is 37.2 Å². The van der Waals surface area contributed by atoms with E-state index in [9.17, 15) is 18.0 Å². The summed E-state index contributed by atoms with van der Waals surface area (Å²) in [6, 6.07) is 8.23. The summed E-state index contributed by atoms with van der Waals surface area (Å²) in [7, 11) is 2.07. The van der Waals surface area contributed by atoms with Crippen molar-refractivity contribution in [3.63, 3.8) is 0 Å². The Morgan fingerprint density at radius 3 is 2.56 bits per heavy atom. The number of aromatic nitrogens is 1. The van der Waals surface area contributed by atoms with Gasteiger partial charge in [0.1, 0.15) is 17.5 Å². The van der Waals surface area contributed by atoms with E-state index in [0.717, 1.165) is 36.7 Å². The van der Waals surface area contributed by atoms with Crippen molar-refractivity contribution in [2.75, 3.05) is 20.1 Å². The minimum atomic E-state index is -0.652. The van der Waals surface area contributed by atoms with E-state index in [1.807, 2.05) is 0 Å². The summed E-state index contributed by atoms with van der Waals surface area (Å²) >= 11 is 0. The van der Waals surface area contributed by atoms with Crippen molar-refractivity contribution in [2.45, 2.75) is 37.6 Å². The van der Waals surface area contributed by atoms with E-state index >= 15 is 0 Å². The molecule has 3 aromatic rings. The zero-order valence-corrected chi connectivity index (χ0v) is 17.9. The van der Waals surface area contributed by atoms with E-state index < -0.39 is 11.6 Å². The summed E-state index contributed by atoms with van der Waals surface area (Å²) in [6.45, 7) is 1.98. The number of rotatable bonds is 5. The molecule has 4 nitrogen and oxygen atoms in total. The van der Waals surface area contributed by atoms with Crippen LogP contribution in [0.5, 0.6) is 0 Å². The van der Waals surface area contributed by atoms with Gasteiger partial charge in [-0.2, -0.15) is 0 Å². The molecular weight excluding hydrogens is 415 g/mol. The van der Waals surface area contributed by atoms with Crippen LogP contribution in [-0.4, -0.2) is 42.0 Å². The van der Waals surface area contributed by atoms with Gasteiger partial charge in [0.15, 0.2) is 0 Å². The second kappa shape index (κ2) is 8.28. The number of carbonyl (C=O) groups excluding carboxylic acids is 1. The predicted molar refractivity (Wildman–Crippen MR) is 118 cm³/mol. The molecule has 1 aliphatic heterocycles. The molecule has 2 aliphatic rings. The predicted octanol–water partition coefficient (Wildman–Crippen LogP) is 4.96. The first-order valence-electron chi connectivity index (χ1n) is 11.1. The molecule has 7 heteroatoms. The Bertz CT molecular complexity index is 1150. The molecule has 0 radical (unpaired) electrons. The Morgan fingerprint density at radius 1 is 1.12 bits per heavy atom. The van der Waals surface area contributed by atoms with Crippen LogP contribution in [0.3, 0.4) is 0 Å². The first-order chi connectivity index (χ1) is 15.4. The first kappa shape index (κ1) is 21.1. The number of hydrogen-bond donors (Lipinski definition) is 2. The molecular formula is C25H26F3N3O. The van der Waals surface area contributed by atoms with Crippen molar-refractivity contribution in [1.29, 1.82) is 0 Å². The van der Waals surface area contributed by atoms with Crippen molar-refractivity contribution < 1.29 is 18.0 Å². The van der Waals surface area contributed by atoms with E-state index in [1.54, 1.807) is 12.1 Å². The van der Waals surface area contributed by atoms with E-state index in [1.165, 1.54) is 18.2 Å². The van der Waals surface area contributed by atoms with Gasteiger partial charge in [-0.25, -0.2) is 13.2 Å². The maximum absolute atomic E-state index is 14.5. The first-order valence-corrected chi connectivity index (χ1v) is 11.1. The lowest BCUT2D eigenvalue weighted by Crippen LogP contribution is -2.44. The molecule has 2 N–H and O–H groups in total. The molecule has 32 heavy (non-hydrogen) atoms. The van der Waals surface area contributed by atoms with Gasteiger partial charge in [0.2, 0.25) is 5.91 Å². The normalized spacial score (nSPS) is 23.4. The van der Waals surface area contributed by atoms with Crippen LogP contribution < -0.4 is 5.32 Å². The quantitative estimate of drug-likeness (QED) is 0.588. The van der Waals surface area contributed by atoms with Crippen LogP contribution in [0.2, 0.25) is 0 Å². The molecule has 1 amide bonds. The van der Waals surface area contributed by atoms with Crippen LogP contribution in [0.4, 0.5) is 13.2 Å². The van der Waals surface area contributed by atoms with Crippen LogP contribution in [0.25, 0.3) is 22.2 Å². The topological polar surface area (TPSA) is 48.1 Å². The zero-order valence-electron chi connectivity index (χ0n) is 17.9. The average Bonchev–Trinajstić information content (AvgIpc) is 3.28. The third kappa shape index (κ3) is 4.01. The highest BCUT2D eigenvalue weighted by atomic mass is 19.1. The number of carbonyl (C=O) groups is 1. The SMILES string of the molecule is CN1CCC(CC(=O)NC2CC(c3c(-c4ccc(F)cc4)[nH]c4c(F)cc(F)cc34)C2)C1.